The van der Waals surface area contributed by atoms with Crippen LogP contribution in [-0.4, -0.2) is 74.0 Å². The van der Waals surface area contributed by atoms with Crippen LogP contribution in [0.2, 0.25) is 0 Å². The van der Waals surface area contributed by atoms with Crippen LogP contribution >= 0.6 is 0 Å². The Morgan fingerprint density at radius 3 is 2.62 bits per heavy atom. The van der Waals surface area contributed by atoms with Gasteiger partial charge in [0.1, 0.15) is 0 Å². The highest BCUT2D eigenvalue weighted by Gasteiger charge is 2.28. The Hall–Kier alpha value is -3.09. The third-order valence-electron chi connectivity index (χ3n) is 4.60. The molecule has 0 atom stereocenters. The number of rotatable bonds is 9. The maximum Gasteiger partial charge on any atom is 0.308 e. The van der Waals surface area contributed by atoms with Crippen LogP contribution in [0, 0.1) is 6.92 Å². The van der Waals surface area contributed by atoms with E-state index in [-0.39, 0.29) is 31.0 Å². The summed E-state index contributed by atoms with van der Waals surface area (Å²) in [6.07, 6.45) is 3.17. The number of nitrogens with zero attached hydrogens (tertiary/aromatic N) is 3. The molecule has 11 nitrogen and oxygen atoms in total. The number of aryl methyl sites for hydroxylation is 1. The first-order chi connectivity index (χ1) is 15.4. The fraction of sp³-hybridized carbons (Fsp3) is 0.400. The zero-order valence-corrected chi connectivity index (χ0v) is 18.4. The van der Waals surface area contributed by atoms with Crippen molar-refractivity contribution in [2.24, 2.45) is 0 Å². The lowest BCUT2D eigenvalue weighted by Gasteiger charge is -2.26. The fourth-order valence-electron chi connectivity index (χ4n) is 2.96. The van der Waals surface area contributed by atoms with Gasteiger partial charge in [0.25, 0.3) is 5.91 Å². The second-order valence-electron chi connectivity index (χ2n) is 6.95. The maximum atomic E-state index is 12.9. The van der Waals surface area contributed by atoms with Crippen LogP contribution < -0.4 is 10.6 Å². The number of aromatic nitrogens is 2. The average Bonchev–Trinajstić information content (AvgIpc) is 2.80. The number of hydrogen-bond donors (Lipinski definition) is 2. The lowest BCUT2D eigenvalue weighted by atomic mass is 10.2. The Kier molecular flexibility index (Phi) is 8.09. The highest BCUT2D eigenvalue weighted by molar-refractivity contribution is 7.89. The summed E-state index contributed by atoms with van der Waals surface area (Å²) in [4.78, 5) is 32.0. The molecule has 0 aliphatic carbocycles. The summed E-state index contributed by atoms with van der Waals surface area (Å²) in [5.74, 6) is -0.750. The molecule has 1 fully saturated rings. The van der Waals surface area contributed by atoms with Gasteiger partial charge in [0.05, 0.1) is 24.5 Å². The van der Waals surface area contributed by atoms with Gasteiger partial charge >= 0.3 is 5.97 Å². The van der Waals surface area contributed by atoms with E-state index in [4.69, 9.17) is 9.47 Å². The molecule has 1 aliphatic heterocycles. The third kappa shape index (κ3) is 6.45. The SMILES string of the molecule is Cc1ccc(NC(=O)COC(=O)CCNc2ncccn2)cc1S(=O)(=O)N1CCOCC1. The van der Waals surface area contributed by atoms with Gasteiger partial charge in [-0.2, -0.15) is 4.31 Å². The first-order valence-corrected chi connectivity index (χ1v) is 11.4. The highest BCUT2D eigenvalue weighted by atomic mass is 32.2. The number of esters is 1. The smallest absolute Gasteiger partial charge is 0.308 e. The van der Waals surface area contributed by atoms with Gasteiger partial charge in [-0.25, -0.2) is 18.4 Å². The molecule has 0 saturated carbocycles. The van der Waals surface area contributed by atoms with Gasteiger partial charge in [0.2, 0.25) is 16.0 Å². The van der Waals surface area contributed by atoms with Crippen molar-refractivity contribution < 1.29 is 27.5 Å². The molecule has 172 valence electrons. The van der Waals surface area contributed by atoms with Gasteiger partial charge in [-0.1, -0.05) is 6.07 Å². The Morgan fingerprint density at radius 2 is 1.91 bits per heavy atom. The summed E-state index contributed by atoms with van der Waals surface area (Å²) in [5, 5.41) is 5.43. The lowest BCUT2D eigenvalue weighted by molar-refractivity contribution is -0.147. The van der Waals surface area contributed by atoms with Crippen LogP contribution in [0.25, 0.3) is 0 Å². The minimum Gasteiger partial charge on any atom is -0.456 e. The molecule has 2 N–H and O–H groups in total. The molecule has 1 amide bonds. The monoisotopic (exact) mass is 463 g/mol. The molecular formula is C20H25N5O6S. The van der Waals surface area contributed by atoms with Gasteiger partial charge < -0.3 is 20.1 Å². The summed E-state index contributed by atoms with van der Waals surface area (Å²) in [6, 6.07) is 6.29. The molecule has 1 saturated heterocycles. The number of ether oxygens (including phenoxy) is 2. The number of hydrogen-bond acceptors (Lipinski definition) is 9. The molecule has 0 radical (unpaired) electrons. The number of carbonyl (C=O) groups excluding carboxylic acids is 2. The fourth-order valence-corrected chi connectivity index (χ4v) is 4.62. The van der Waals surface area contributed by atoms with Crippen molar-refractivity contribution in [2.75, 3.05) is 50.1 Å². The van der Waals surface area contributed by atoms with Crippen LogP contribution in [0.3, 0.4) is 0 Å². The molecule has 1 aromatic carbocycles. The Labute approximate surface area is 186 Å². The van der Waals surface area contributed by atoms with Gasteiger partial charge in [0.15, 0.2) is 6.61 Å². The van der Waals surface area contributed by atoms with Gasteiger partial charge in [-0.3, -0.25) is 9.59 Å². The van der Waals surface area contributed by atoms with Crippen LogP contribution in [0.1, 0.15) is 12.0 Å². The van der Waals surface area contributed by atoms with E-state index in [9.17, 15) is 18.0 Å². The predicted molar refractivity (Wildman–Crippen MR) is 115 cm³/mol. The van der Waals surface area contributed by atoms with Crippen molar-refractivity contribution in [3.05, 3.63) is 42.2 Å². The molecule has 12 heteroatoms. The molecule has 0 unspecified atom stereocenters. The van der Waals surface area contributed by atoms with E-state index < -0.39 is 28.5 Å². The van der Waals surface area contributed by atoms with Crippen molar-refractivity contribution in [1.82, 2.24) is 14.3 Å². The van der Waals surface area contributed by atoms with E-state index in [1.807, 2.05) is 0 Å². The van der Waals surface area contributed by atoms with Gasteiger partial charge in [-0.15, -0.1) is 0 Å². The van der Waals surface area contributed by atoms with Crippen LogP contribution in [0.15, 0.2) is 41.6 Å². The van der Waals surface area contributed by atoms with Crippen molar-refractivity contribution in [3.8, 4) is 0 Å². The zero-order chi connectivity index (χ0) is 23.0. The molecule has 0 spiro atoms. The summed E-state index contributed by atoms with van der Waals surface area (Å²) < 4.78 is 37.4. The predicted octanol–water partition coefficient (Wildman–Crippen LogP) is 0.790. The van der Waals surface area contributed by atoms with Gasteiger partial charge in [0, 0.05) is 37.7 Å². The second-order valence-corrected chi connectivity index (χ2v) is 8.86. The van der Waals surface area contributed by atoms with Crippen molar-refractivity contribution in [3.63, 3.8) is 0 Å². The number of anilines is 2. The Bertz CT molecular complexity index is 1040. The second kappa shape index (κ2) is 11.0. The number of nitrogens with one attached hydrogen (secondary N) is 2. The molecule has 2 aromatic rings. The van der Waals surface area contributed by atoms with Crippen LogP contribution in [0.4, 0.5) is 11.6 Å². The maximum absolute atomic E-state index is 12.9. The molecule has 2 heterocycles. The normalized spacial score (nSPS) is 14.5. The Balaban J connectivity index is 1.50. The molecule has 1 aromatic heterocycles. The van der Waals surface area contributed by atoms with Crippen molar-refractivity contribution in [1.29, 1.82) is 0 Å². The van der Waals surface area contributed by atoms with Gasteiger partial charge in [-0.05, 0) is 30.7 Å². The van der Waals surface area contributed by atoms with E-state index >= 15 is 0 Å². The molecular weight excluding hydrogens is 438 g/mol. The van der Waals surface area contributed by atoms with E-state index in [0.717, 1.165) is 0 Å². The minimum atomic E-state index is -3.71. The molecule has 1 aliphatic rings. The van der Waals surface area contributed by atoms with E-state index in [1.165, 1.54) is 10.4 Å². The number of carbonyl (C=O) groups is 2. The quantitative estimate of drug-likeness (QED) is 0.517. The van der Waals surface area contributed by atoms with E-state index in [1.54, 1.807) is 37.5 Å². The number of benzene rings is 1. The van der Waals surface area contributed by atoms with Crippen molar-refractivity contribution in [2.45, 2.75) is 18.2 Å². The average molecular weight is 464 g/mol. The van der Waals surface area contributed by atoms with E-state index in [2.05, 4.69) is 20.6 Å². The first kappa shape index (κ1) is 23.6. The number of amides is 1. The molecule has 3 rings (SSSR count). The highest BCUT2D eigenvalue weighted by Crippen LogP contribution is 2.24. The standard InChI is InChI=1S/C20H25N5O6S/c1-15-3-4-16(13-17(15)32(28,29)25-9-11-30-12-10-25)24-18(26)14-31-19(27)5-8-23-20-21-6-2-7-22-20/h2-4,6-7,13H,5,8-12,14H2,1H3,(H,24,26)(H,21,22,23). The van der Waals surface area contributed by atoms with Crippen LogP contribution in [0.5, 0.6) is 0 Å². The lowest BCUT2D eigenvalue weighted by Crippen LogP contribution is -2.40. The van der Waals surface area contributed by atoms with E-state index in [0.29, 0.717) is 30.4 Å². The number of sulfonamides is 1. The summed E-state index contributed by atoms with van der Waals surface area (Å²) in [5.41, 5.74) is 0.863. The molecule has 0 bridgehead atoms. The third-order valence-corrected chi connectivity index (χ3v) is 6.64. The summed E-state index contributed by atoms with van der Waals surface area (Å²) in [6.45, 7) is 2.70. The summed E-state index contributed by atoms with van der Waals surface area (Å²) in [7, 11) is -3.71. The Morgan fingerprint density at radius 1 is 1.19 bits per heavy atom. The molecule has 32 heavy (non-hydrogen) atoms. The van der Waals surface area contributed by atoms with Crippen molar-refractivity contribution >= 4 is 33.5 Å². The minimum absolute atomic E-state index is 0.0258. The first-order valence-electron chi connectivity index (χ1n) is 10.0. The largest absolute Gasteiger partial charge is 0.456 e. The number of morpholine rings is 1. The summed E-state index contributed by atoms with van der Waals surface area (Å²) >= 11 is 0. The zero-order valence-electron chi connectivity index (χ0n) is 17.6. The topological polar surface area (TPSA) is 140 Å². The van der Waals surface area contributed by atoms with Crippen LogP contribution in [-0.2, 0) is 29.1 Å².